The molecule has 2 aromatic rings. The van der Waals surface area contributed by atoms with Gasteiger partial charge in [0.15, 0.2) is 0 Å². The molecule has 0 aliphatic carbocycles. The highest BCUT2D eigenvalue weighted by atomic mass is 16.2. The Bertz CT molecular complexity index is 868. The third kappa shape index (κ3) is 3.69. The lowest BCUT2D eigenvalue weighted by Crippen LogP contribution is -2.40. The molecule has 0 unspecified atom stereocenters. The van der Waals surface area contributed by atoms with Crippen molar-refractivity contribution in [2.24, 2.45) is 0 Å². The lowest BCUT2D eigenvalue weighted by Gasteiger charge is -2.33. The Labute approximate surface area is 159 Å². The summed E-state index contributed by atoms with van der Waals surface area (Å²) in [5, 5.41) is 0. The van der Waals surface area contributed by atoms with Gasteiger partial charge in [0.05, 0.1) is 11.3 Å². The summed E-state index contributed by atoms with van der Waals surface area (Å²) in [5.41, 5.74) is 3.73. The Morgan fingerprint density at radius 1 is 1.15 bits per heavy atom. The van der Waals surface area contributed by atoms with E-state index in [1.165, 1.54) is 11.3 Å². The van der Waals surface area contributed by atoms with Crippen molar-refractivity contribution in [3.8, 4) is 0 Å². The van der Waals surface area contributed by atoms with Crippen LogP contribution < -0.4 is 0 Å². The quantitative estimate of drug-likeness (QED) is 0.808. The summed E-state index contributed by atoms with van der Waals surface area (Å²) in [4.78, 5) is 35.2. The topological polar surface area (TPSA) is 75.1 Å². The summed E-state index contributed by atoms with van der Waals surface area (Å²) < 4.78 is 0. The van der Waals surface area contributed by atoms with Gasteiger partial charge in [0.2, 0.25) is 0 Å². The van der Waals surface area contributed by atoms with Gasteiger partial charge in [0, 0.05) is 62.2 Å². The molecule has 7 nitrogen and oxygen atoms in total. The minimum atomic E-state index is 0.0109. The lowest BCUT2D eigenvalue weighted by atomic mass is 9.96. The molecule has 2 aromatic heterocycles. The van der Waals surface area contributed by atoms with Crippen LogP contribution in [0.4, 0.5) is 0 Å². The van der Waals surface area contributed by atoms with Crippen molar-refractivity contribution >= 4 is 5.91 Å². The third-order valence-electron chi connectivity index (χ3n) is 5.55. The molecule has 1 atom stereocenters. The molecule has 0 spiro atoms. The maximum absolute atomic E-state index is 13.0. The average Bonchev–Trinajstić information content (AvgIpc) is 2.67. The van der Waals surface area contributed by atoms with E-state index in [1.807, 2.05) is 24.9 Å². The van der Waals surface area contributed by atoms with Crippen molar-refractivity contribution in [3.63, 3.8) is 0 Å². The fourth-order valence-corrected chi connectivity index (χ4v) is 4.01. The minimum absolute atomic E-state index is 0.0109. The van der Waals surface area contributed by atoms with Crippen molar-refractivity contribution in [2.75, 3.05) is 26.7 Å². The predicted molar refractivity (Wildman–Crippen MR) is 101 cm³/mol. The van der Waals surface area contributed by atoms with Crippen molar-refractivity contribution in [3.05, 3.63) is 46.6 Å². The van der Waals surface area contributed by atoms with Gasteiger partial charge in [-0.2, -0.15) is 0 Å². The molecule has 0 N–H and O–H groups in total. The van der Waals surface area contributed by atoms with E-state index in [0.717, 1.165) is 50.4 Å². The largest absolute Gasteiger partial charge is 0.338 e. The number of likely N-dealkylation sites (tertiary alicyclic amines) is 1. The molecule has 4 heterocycles. The third-order valence-corrected chi connectivity index (χ3v) is 5.55. The van der Waals surface area contributed by atoms with Crippen LogP contribution in [-0.2, 0) is 13.0 Å². The van der Waals surface area contributed by atoms with Crippen molar-refractivity contribution in [2.45, 2.75) is 45.6 Å². The first-order valence-corrected chi connectivity index (χ1v) is 9.64. The molecule has 2 aliphatic heterocycles. The van der Waals surface area contributed by atoms with E-state index in [1.54, 1.807) is 6.20 Å². The van der Waals surface area contributed by atoms with Gasteiger partial charge in [-0.15, -0.1) is 0 Å². The Kier molecular flexibility index (Phi) is 4.86. The molecule has 1 saturated heterocycles. The normalized spacial score (nSPS) is 20.4. The monoisotopic (exact) mass is 366 g/mol. The van der Waals surface area contributed by atoms with Gasteiger partial charge in [0.1, 0.15) is 11.6 Å². The van der Waals surface area contributed by atoms with E-state index in [-0.39, 0.29) is 11.8 Å². The molecule has 142 valence electrons. The van der Waals surface area contributed by atoms with Crippen molar-refractivity contribution in [1.29, 1.82) is 0 Å². The number of amides is 1. The molecule has 1 fully saturated rings. The van der Waals surface area contributed by atoms with Crippen LogP contribution in [0.5, 0.6) is 0 Å². The van der Waals surface area contributed by atoms with Crippen LogP contribution in [0.3, 0.4) is 0 Å². The van der Waals surface area contributed by atoms with Crippen LogP contribution in [0.15, 0.2) is 12.4 Å². The smallest absolute Gasteiger partial charge is 0.257 e. The molecule has 4 rings (SSSR count). The summed E-state index contributed by atoms with van der Waals surface area (Å²) in [7, 11) is 2.12. The lowest BCUT2D eigenvalue weighted by molar-refractivity contribution is 0.0702. The number of carbonyl (C=O) groups excluding carboxylic acids is 1. The van der Waals surface area contributed by atoms with Crippen molar-refractivity contribution in [1.82, 2.24) is 29.7 Å². The number of likely N-dealkylation sites (N-methyl/N-ethyl adjacent to an activating group) is 1. The first-order chi connectivity index (χ1) is 13.0. The molecule has 0 saturated carbocycles. The Hall–Kier alpha value is -2.41. The second-order valence-corrected chi connectivity index (χ2v) is 7.69. The highest BCUT2D eigenvalue weighted by Gasteiger charge is 2.29. The summed E-state index contributed by atoms with van der Waals surface area (Å²) in [6.45, 7) is 7.07. The highest BCUT2D eigenvalue weighted by Crippen LogP contribution is 2.27. The Balaban J connectivity index is 1.52. The number of piperidine rings is 1. The molecule has 1 amide bonds. The molecule has 0 bridgehead atoms. The van der Waals surface area contributed by atoms with E-state index in [4.69, 9.17) is 4.98 Å². The van der Waals surface area contributed by atoms with Crippen molar-refractivity contribution < 1.29 is 4.79 Å². The van der Waals surface area contributed by atoms with Gasteiger partial charge in [-0.1, -0.05) is 0 Å². The van der Waals surface area contributed by atoms with E-state index < -0.39 is 0 Å². The molecule has 7 heteroatoms. The van der Waals surface area contributed by atoms with Crippen LogP contribution >= 0.6 is 0 Å². The number of aromatic nitrogens is 4. The minimum Gasteiger partial charge on any atom is -0.338 e. The zero-order chi connectivity index (χ0) is 19.0. The van der Waals surface area contributed by atoms with Crippen LogP contribution in [-0.4, -0.2) is 62.3 Å². The van der Waals surface area contributed by atoms with Crippen LogP contribution in [0.1, 0.15) is 57.7 Å². The van der Waals surface area contributed by atoms with Crippen LogP contribution in [0, 0.1) is 13.8 Å². The summed E-state index contributed by atoms with van der Waals surface area (Å²) in [6.07, 6.45) is 6.58. The number of aryl methyl sites for hydroxylation is 2. The Morgan fingerprint density at radius 2 is 2.00 bits per heavy atom. The fourth-order valence-electron chi connectivity index (χ4n) is 4.01. The van der Waals surface area contributed by atoms with E-state index in [0.29, 0.717) is 17.9 Å². The number of carbonyl (C=O) groups is 1. The number of nitrogens with zero attached hydrogens (tertiary/aromatic N) is 6. The fraction of sp³-hybridized carbons (Fsp3) is 0.550. The SMILES string of the molecule is Cc1ncc(C(=O)N2CCC[C@H](c3ncc4c(n3)CCN(C)C4)C2)c(C)n1. The molecular formula is C20H26N6O. The molecule has 27 heavy (non-hydrogen) atoms. The second kappa shape index (κ2) is 7.31. The number of rotatable bonds is 2. The number of fused-ring (bicyclic) bond motifs is 1. The standard InChI is InChI=1S/C20H26N6O/c1-13-17(10-21-14(2)23-13)20(27)26-7-4-5-15(12-26)19-22-9-16-11-25(3)8-6-18(16)24-19/h9-10,15H,4-8,11-12H2,1-3H3/t15-/m0/s1. The predicted octanol–water partition coefficient (Wildman–Crippen LogP) is 1.89. The molecule has 0 radical (unpaired) electrons. The summed E-state index contributed by atoms with van der Waals surface area (Å²) in [6, 6.07) is 0. The molecular weight excluding hydrogens is 340 g/mol. The van der Waals surface area contributed by atoms with Gasteiger partial charge in [-0.25, -0.2) is 19.9 Å². The van der Waals surface area contributed by atoms with Gasteiger partial charge < -0.3 is 9.80 Å². The maximum atomic E-state index is 13.0. The average molecular weight is 366 g/mol. The summed E-state index contributed by atoms with van der Waals surface area (Å²) in [5.74, 6) is 1.78. The second-order valence-electron chi connectivity index (χ2n) is 7.69. The van der Waals surface area contributed by atoms with E-state index >= 15 is 0 Å². The van der Waals surface area contributed by atoms with E-state index in [2.05, 4.69) is 26.9 Å². The number of hydrogen-bond acceptors (Lipinski definition) is 6. The first kappa shape index (κ1) is 18.0. The van der Waals surface area contributed by atoms with Gasteiger partial charge in [-0.3, -0.25) is 4.79 Å². The van der Waals surface area contributed by atoms with Gasteiger partial charge >= 0.3 is 0 Å². The number of hydrogen-bond donors (Lipinski definition) is 0. The zero-order valence-electron chi connectivity index (χ0n) is 16.3. The first-order valence-electron chi connectivity index (χ1n) is 9.64. The van der Waals surface area contributed by atoms with Gasteiger partial charge in [0.25, 0.3) is 5.91 Å². The molecule has 0 aromatic carbocycles. The molecule has 2 aliphatic rings. The Morgan fingerprint density at radius 3 is 2.81 bits per heavy atom. The zero-order valence-corrected chi connectivity index (χ0v) is 16.3. The highest BCUT2D eigenvalue weighted by molar-refractivity contribution is 5.95. The van der Waals surface area contributed by atoms with Crippen LogP contribution in [0.25, 0.3) is 0 Å². The maximum Gasteiger partial charge on any atom is 0.257 e. The van der Waals surface area contributed by atoms with E-state index in [9.17, 15) is 4.79 Å². The van der Waals surface area contributed by atoms with Crippen LogP contribution in [0.2, 0.25) is 0 Å². The summed E-state index contributed by atoms with van der Waals surface area (Å²) >= 11 is 0. The van der Waals surface area contributed by atoms with Gasteiger partial charge in [-0.05, 0) is 33.7 Å².